The zero-order chi connectivity index (χ0) is 6.97. The van der Waals surface area contributed by atoms with Crippen molar-refractivity contribution in [3.8, 4) is 0 Å². The molecule has 0 aromatic carbocycles. The summed E-state index contributed by atoms with van der Waals surface area (Å²) in [5.41, 5.74) is 3.67. The van der Waals surface area contributed by atoms with Gasteiger partial charge in [0.15, 0.2) is 0 Å². The van der Waals surface area contributed by atoms with E-state index in [-0.39, 0.29) is 6.15 Å². The first-order chi connectivity index (χ1) is 4.90. The fourth-order valence-corrected chi connectivity index (χ4v) is 2.50. The average Bonchev–Trinajstić information content (AvgIpc) is 2.48. The molecule has 1 unspecified atom stereocenters. The molecule has 1 saturated carbocycles. The van der Waals surface area contributed by atoms with Crippen LogP contribution in [0.15, 0.2) is 11.1 Å². The van der Waals surface area contributed by atoms with Gasteiger partial charge in [0.1, 0.15) is 0 Å². The molecule has 2 bridgehead atoms. The van der Waals surface area contributed by atoms with Crippen molar-refractivity contribution in [3.05, 3.63) is 11.1 Å². The molecule has 0 radical (unpaired) electrons. The van der Waals surface area contributed by atoms with Gasteiger partial charge in [-0.05, 0) is 38.0 Å². The first kappa shape index (κ1) is 8.79. The third-order valence-corrected chi connectivity index (χ3v) is 2.98. The van der Waals surface area contributed by atoms with Crippen LogP contribution in [0.1, 0.15) is 45.4 Å². The van der Waals surface area contributed by atoms with E-state index in [0.29, 0.717) is 0 Å². The Hall–Kier alpha value is -0.300. The first-order valence-electron chi connectivity index (χ1n) is 4.60. The quantitative estimate of drug-likeness (QED) is 0.606. The van der Waals surface area contributed by atoms with Gasteiger partial charge in [-0.1, -0.05) is 24.5 Å². The summed E-state index contributed by atoms with van der Waals surface area (Å²) in [5, 5.41) is 0. The Balaban J connectivity index is 0.000000605. The molecule has 1 nitrogen and oxygen atoms in total. The molecule has 1 fully saturated rings. The summed E-state index contributed by atoms with van der Waals surface area (Å²) in [6.45, 7) is 2.29. The van der Waals surface area contributed by atoms with Crippen LogP contribution in [-0.2, 0) is 0 Å². The second-order valence-electron chi connectivity index (χ2n) is 3.77. The van der Waals surface area contributed by atoms with Gasteiger partial charge in [-0.2, -0.15) is 0 Å². The van der Waals surface area contributed by atoms with Crippen molar-refractivity contribution in [2.75, 3.05) is 0 Å². The number of rotatable bonds is 2. The predicted octanol–water partition coefficient (Wildman–Crippen LogP) is 3.45. The fourth-order valence-electron chi connectivity index (χ4n) is 2.50. The highest BCUT2D eigenvalue weighted by atomic mass is 14.3. The molecule has 3 N–H and O–H groups in total. The molecule has 0 aliphatic heterocycles. The van der Waals surface area contributed by atoms with E-state index in [1.54, 1.807) is 0 Å². The molecule has 2 aliphatic carbocycles. The van der Waals surface area contributed by atoms with Gasteiger partial charge in [0.2, 0.25) is 0 Å². The Bertz CT molecular complexity index is 170. The Morgan fingerprint density at radius 2 is 2.18 bits per heavy atom. The minimum absolute atomic E-state index is 0. The van der Waals surface area contributed by atoms with Crippen molar-refractivity contribution >= 4 is 0 Å². The molecule has 2 rings (SSSR count). The lowest BCUT2D eigenvalue weighted by atomic mass is 9.96. The number of hydrogen-bond donors (Lipinski definition) is 1. The predicted molar refractivity (Wildman–Crippen MR) is 48.9 cm³/mol. The van der Waals surface area contributed by atoms with Crippen LogP contribution < -0.4 is 6.15 Å². The highest BCUT2D eigenvalue weighted by molar-refractivity contribution is 5.25. The topological polar surface area (TPSA) is 35.0 Å². The van der Waals surface area contributed by atoms with E-state index in [1.165, 1.54) is 38.5 Å². The van der Waals surface area contributed by atoms with Crippen LogP contribution in [0.3, 0.4) is 0 Å². The number of allylic oxidation sites excluding steroid dienone is 2. The molecular formula is C10H19N. The Morgan fingerprint density at radius 1 is 1.36 bits per heavy atom. The molecule has 11 heavy (non-hydrogen) atoms. The van der Waals surface area contributed by atoms with Crippen LogP contribution in [0.2, 0.25) is 0 Å². The number of hydrogen-bond acceptors (Lipinski definition) is 1. The molecular weight excluding hydrogens is 134 g/mol. The SMILES string of the molecule is CCCC1=C2CCC(C1)C2.N. The lowest BCUT2D eigenvalue weighted by molar-refractivity contribution is 0.553. The van der Waals surface area contributed by atoms with Gasteiger partial charge in [-0.15, -0.1) is 0 Å². The Morgan fingerprint density at radius 3 is 2.64 bits per heavy atom. The molecule has 0 saturated heterocycles. The van der Waals surface area contributed by atoms with Gasteiger partial charge in [-0.3, -0.25) is 0 Å². The van der Waals surface area contributed by atoms with E-state index in [2.05, 4.69) is 6.92 Å². The van der Waals surface area contributed by atoms with E-state index >= 15 is 0 Å². The lowest BCUT2D eigenvalue weighted by Gasteiger charge is -2.09. The summed E-state index contributed by atoms with van der Waals surface area (Å²) < 4.78 is 0. The standard InChI is InChI=1S/C10H16.H3N/c1-2-3-9-6-8-4-5-10(9)7-8;/h8H,2-7H2,1H3;1H3. The summed E-state index contributed by atoms with van der Waals surface area (Å²) in [4.78, 5) is 0. The zero-order valence-corrected chi connectivity index (χ0v) is 7.53. The summed E-state index contributed by atoms with van der Waals surface area (Å²) >= 11 is 0. The summed E-state index contributed by atoms with van der Waals surface area (Å²) in [6.07, 6.45) is 8.62. The van der Waals surface area contributed by atoms with Crippen molar-refractivity contribution in [1.29, 1.82) is 0 Å². The average molecular weight is 153 g/mol. The fraction of sp³-hybridized carbons (Fsp3) is 0.800. The third kappa shape index (κ3) is 1.48. The zero-order valence-electron chi connectivity index (χ0n) is 7.53. The molecule has 64 valence electrons. The Kier molecular flexibility index (Phi) is 2.72. The van der Waals surface area contributed by atoms with Crippen LogP contribution in [0.4, 0.5) is 0 Å². The minimum atomic E-state index is 0. The molecule has 0 aromatic heterocycles. The van der Waals surface area contributed by atoms with Crippen molar-refractivity contribution in [2.24, 2.45) is 5.92 Å². The lowest BCUT2D eigenvalue weighted by Crippen LogP contribution is -1.93. The highest BCUT2D eigenvalue weighted by Crippen LogP contribution is 2.45. The van der Waals surface area contributed by atoms with E-state index < -0.39 is 0 Å². The molecule has 0 aromatic rings. The summed E-state index contributed by atoms with van der Waals surface area (Å²) in [7, 11) is 0. The van der Waals surface area contributed by atoms with Crippen LogP contribution in [0.25, 0.3) is 0 Å². The summed E-state index contributed by atoms with van der Waals surface area (Å²) in [6, 6.07) is 0. The van der Waals surface area contributed by atoms with Crippen molar-refractivity contribution in [1.82, 2.24) is 6.15 Å². The molecule has 1 heteroatoms. The van der Waals surface area contributed by atoms with Crippen LogP contribution in [-0.4, -0.2) is 0 Å². The van der Waals surface area contributed by atoms with E-state index in [9.17, 15) is 0 Å². The van der Waals surface area contributed by atoms with Crippen molar-refractivity contribution in [2.45, 2.75) is 45.4 Å². The maximum Gasteiger partial charge on any atom is -0.0286 e. The highest BCUT2D eigenvalue weighted by Gasteiger charge is 2.28. The van der Waals surface area contributed by atoms with Crippen LogP contribution >= 0.6 is 0 Å². The van der Waals surface area contributed by atoms with Crippen LogP contribution in [0.5, 0.6) is 0 Å². The van der Waals surface area contributed by atoms with E-state index in [1.807, 2.05) is 11.1 Å². The Labute approximate surface area is 69.5 Å². The number of fused-ring (bicyclic) bond motifs is 2. The third-order valence-electron chi connectivity index (χ3n) is 2.98. The summed E-state index contributed by atoms with van der Waals surface area (Å²) in [5.74, 6) is 1.08. The maximum absolute atomic E-state index is 2.29. The van der Waals surface area contributed by atoms with Gasteiger partial charge in [-0.25, -0.2) is 0 Å². The largest absolute Gasteiger partial charge is 0.344 e. The van der Waals surface area contributed by atoms with Crippen molar-refractivity contribution < 1.29 is 0 Å². The molecule has 0 amide bonds. The van der Waals surface area contributed by atoms with E-state index in [4.69, 9.17) is 0 Å². The normalized spacial score (nSPS) is 27.5. The van der Waals surface area contributed by atoms with Crippen molar-refractivity contribution in [3.63, 3.8) is 0 Å². The van der Waals surface area contributed by atoms with Crippen LogP contribution in [0, 0.1) is 5.92 Å². The molecule has 1 atom stereocenters. The smallest absolute Gasteiger partial charge is 0.0286 e. The van der Waals surface area contributed by atoms with Gasteiger partial charge < -0.3 is 6.15 Å². The van der Waals surface area contributed by atoms with Gasteiger partial charge in [0, 0.05) is 0 Å². The first-order valence-corrected chi connectivity index (χ1v) is 4.60. The van der Waals surface area contributed by atoms with Gasteiger partial charge in [0.25, 0.3) is 0 Å². The second kappa shape index (κ2) is 3.40. The maximum atomic E-state index is 2.29. The second-order valence-corrected chi connectivity index (χ2v) is 3.77. The monoisotopic (exact) mass is 153 g/mol. The molecule has 2 aliphatic rings. The van der Waals surface area contributed by atoms with E-state index in [0.717, 1.165) is 5.92 Å². The van der Waals surface area contributed by atoms with Gasteiger partial charge in [0.05, 0.1) is 0 Å². The van der Waals surface area contributed by atoms with Gasteiger partial charge >= 0.3 is 0 Å². The molecule has 0 heterocycles. The molecule has 0 spiro atoms. The minimum Gasteiger partial charge on any atom is -0.344 e.